The zero-order valence-corrected chi connectivity index (χ0v) is 9.90. The van der Waals surface area contributed by atoms with Crippen LogP contribution in [-0.2, 0) is 0 Å². The van der Waals surface area contributed by atoms with Gasteiger partial charge in [0.1, 0.15) is 12.3 Å². The summed E-state index contributed by atoms with van der Waals surface area (Å²) in [6.07, 6.45) is 4.24. The van der Waals surface area contributed by atoms with Gasteiger partial charge in [0.25, 0.3) is 0 Å². The molecule has 4 rings (SSSR count). The van der Waals surface area contributed by atoms with E-state index in [0.29, 0.717) is 12.1 Å². The molecule has 4 fully saturated rings. The molecule has 0 spiro atoms. The third kappa shape index (κ3) is 1.47. The minimum absolute atomic E-state index is 0.226. The number of piperazine rings is 1. The number of hydrogen-bond acceptors (Lipinski definition) is 8. The van der Waals surface area contributed by atoms with Crippen molar-refractivity contribution in [3.8, 4) is 0 Å². The number of nitrogens with one attached hydrogen (secondary N) is 6. The van der Waals surface area contributed by atoms with E-state index in [1.807, 2.05) is 0 Å². The lowest BCUT2D eigenvalue weighted by Crippen LogP contribution is -2.72. The van der Waals surface area contributed by atoms with Gasteiger partial charge in [-0.15, -0.1) is 0 Å². The van der Waals surface area contributed by atoms with Crippen molar-refractivity contribution in [1.82, 2.24) is 43.0 Å². The highest BCUT2D eigenvalue weighted by Gasteiger charge is 2.53. The van der Waals surface area contributed by atoms with Crippen LogP contribution in [0.5, 0.6) is 0 Å². The molecule has 0 radical (unpaired) electrons. The van der Waals surface area contributed by atoms with E-state index in [1.54, 1.807) is 0 Å². The monoisotopic (exact) mass is 240 g/mol. The molecule has 3 heterocycles. The van der Waals surface area contributed by atoms with Crippen LogP contribution in [0, 0.1) is 5.92 Å². The second-order valence-corrected chi connectivity index (χ2v) is 5.52. The molecule has 8 heteroatoms. The standard InChI is InChI=1S/C9H20N8/c1-5-2-3-6-7(4-5)17-9(11-13-15-17)8-10-12-14-16(6)8/h5-15H,2-4H2,1H3. The molecule has 0 aromatic rings. The SMILES string of the molecule is CC1CCC2C(C1)N1NNNC1C1NNNN21. The van der Waals surface area contributed by atoms with Gasteiger partial charge in [-0.25, -0.2) is 20.9 Å². The van der Waals surface area contributed by atoms with Gasteiger partial charge in [0.2, 0.25) is 0 Å². The molecule has 0 aromatic heterocycles. The Morgan fingerprint density at radius 2 is 1.53 bits per heavy atom. The molecule has 0 bridgehead atoms. The maximum atomic E-state index is 3.26. The average Bonchev–Trinajstić information content (AvgIpc) is 2.97. The molecule has 0 aromatic carbocycles. The van der Waals surface area contributed by atoms with E-state index < -0.39 is 0 Å². The zero-order valence-electron chi connectivity index (χ0n) is 9.90. The molecule has 1 saturated carbocycles. The molecule has 5 unspecified atom stereocenters. The largest absolute Gasteiger partial charge is 0.221 e. The predicted octanol–water partition coefficient (Wildman–Crippen LogP) is -2.13. The van der Waals surface area contributed by atoms with Crippen LogP contribution in [0.2, 0.25) is 0 Å². The van der Waals surface area contributed by atoms with Crippen molar-refractivity contribution in [2.45, 2.75) is 50.6 Å². The molecule has 8 nitrogen and oxygen atoms in total. The Hall–Kier alpha value is -0.320. The van der Waals surface area contributed by atoms with E-state index in [1.165, 1.54) is 19.3 Å². The lowest BCUT2D eigenvalue weighted by molar-refractivity contribution is -0.100. The molecule has 17 heavy (non-hydrogen) atoms. The lowest BCUT2D eigenvalue weighted by Gasteiger charge is -2.51. The van der Waals surface area contributed by atoms with Crippen LogP contribution in [0.15, 0.2) is 0 Å². The van der Waals surface area contributed by atoms with Crippen molar-refractivity contribution in [2.75, 3.05) is 0 Å². The Morgan fingerprint density at radius 3 is 2.24 bits per heavy atom. The van der Waals surface area contributed by atoms with Crippen LogP contribution in [0.3, 0.4) is 0 Å². The van der Waals surface area contributed by atoms with Crippen molar-refractivity contribution in [1.29, 1.82) is 0 Å². The van der Waals surface area contributed by atoms with E-state index in [2.05, 4.69) is 49.9 Å². The van der Waals surface area contributed by atoms with Gasteiger partial charge >= 0.3 is 0 Å². The smallest absolute Gasteiger partial charge is 0.120 e. The molecule has 3 aliphatic heterocycles. The lowest BCUT2D eigenvalue weighted by atomic mass is 9.81. The van der Waals surface area contributed by atoms with E-state index in [-0.39, 0.29) is 12.3 Å². The number of hydrazine groups is 6. The zero-order chi connectivity index (χ0) is 11.4. The highest BCUT2D eigenvalue weighted by molar-refractivity contribution is 5.01. The summed E-state index contributed by atoms with van der Waals surface area (Å²) in [7, 11) is 0. The summed E-state index contributed by atoms with van der Waals surface area (Å²) >= 11 is 0. The Kier molecular flexibility index (Phi) is 2.39. The van der Waals surface area contributed by atoms with Gasteiger partial charge in [-0.1, -0.05) is 6.92 Å². The highest BCUT2D eigenvalue weighted by Crippen LogP contribution is 2.35. The van der Waals surface area contributed by atoms with Crippen LogP contribution in [0.4, 0.5) is 0 Å². The minimum atomic E-state index is 0.226. The van der Waals surface area contributed by atoms with Crippen LogP contribution >= 0.6 is 0 Å². The first kappa shape index (κ1) is 10.6. The number of hydrogen-bond donors (Lipinski definition) is 6. The van der Waals surface area contributed by atoms with Crippen LogP contribution < -0.4 is 33.0 Å². The number of fused-ring (bicyclic) bond motifs is 6. The van der Waals surface area contributed by atoms with E-state index in [9.17, 15) is 0 Å². The van der Waals surface area contributed by atoms with Crippen LogP contribution in [-0.4, -0.2) is 34.4 Å². The van der Waals surface area contributed by atoms with Crippen molar-refractivity contribution in [3.05, 3.63) is 0 Å². The van der Waals surface area contributed by atoms with Gasteiger partial charge in [-0.3, -0.25) is 0 Å². The molecule has 3 saturated heterocycles. The summed E-state index contributed by atoms with van der Waals surface area (Å²) in [4.78, 5) is 0. The molecule has 4 aliphatic rings. The van der Waals surface area contributed by atoms with Gasteiger partial charge in [0.15, 0.2) is 0 Å². The first-order valence-corrected chi connectivity index (χ1v) is 6.43. The fourth-order valence-corrected chi connectivity index (χ4v) is 3.62. The molecule has 6 N–H and O–H groups in total. The molecule has 0 amide bonds. The molecule has 96 valence electrons. The quantitative estimate of drug-likeness (QED) is 0.287. The average molecular weight is 240 g/mol. The highest BCUT2D eigenvalue weighted by atomic mass is 16.0. The van der Waals surface area contributed by atoms with Gasteiger partial charge < -0.3 is 0 Å². The molecule has 5 atom stereocenters. The Balaban J connectivity index is 1.66. The Bertz CT molecular complexity index is 311. The van der Waals surface area contributed by atoms with Crippen molar-refractivity contribution < 1.29 is 0 Å². The van der Waals surface area contributed by atoms with Gasteiger partial charge in [-0.05, 0) is 25.2 Å². The summed E-state index contributed by atoms with van der Waals surface area (Å²) < 4.78 is 0. The Labute approximate surface area is 100 Å². The summed E-state index contributed by atoms with van der Waals surface area (Å²) in [6, 6.07) is 1.08. The van der Waals surface area contributed by atoms with E-state index in [4.69, 9.17) is 0 Å². The minimum Gasteiger partial charge on any atom is -0.221 e. The fraction of sp³-hybridized carbons (Fsp3) is 1.00. The summed E-state index contributed by atoms with van der Waals surface area (Å²) in [5, 5.41) is 4.64. The van der Waals surface area contributed by atoms with Crippen molar-refractivity contribution >= 4 is 0 Å². The first-order valence-electron chi connectivity index (χ1n) is 6.43. The molecular formula is C9H20N8. The molecule has 1 aliphatic carbocycles. The van der Waals surface area contributed by atoms with Crippen LogP contribution in [0.1, 0.15) is 26.2 Å². The number of rotatable bonds is 0. The fourth-order valence-electron chi connectivity index (χ4n) is 3.62. The maximum Gasteiger partial charge on any atom is 0.120 e. The summed E-state index contributed by atoms with van der Waals surface area (Å²) in [6.45, 7) is 2.35. The predicted molar refractivity (Wildman–Crippen MR) is 60.7 cm³/mol. The third-order valence-corrected chi connectivity index (χ3v) is 4.47. The van der Waals surface area contributed by atoms with Crippen molar-refractivity contribution in [3.63, 3.8) is 0 Å². The van der Waals surface area contributed by atoms with E-state index in [0.717, 1.165) is 5.92 Å². The number of nitrogens with zero attached hydrogens (tertiary/aromatic N) is 2. The summed E-state index contributed by atoms with van der Waals surface area (Å²) in [5.41, 5.74) is 19.0. The van der Waals surface area contributed by atoms with Gasteiger partial charge in [0, 0.05) is 12.1 Å². The second kappa shape index (κ2) is 3.84. The van der Waals surface area contributed by atoms with E-state index >= 15 is 0 Å². The first-order chi connectivity index (χ1) is 8.34. The Morgan fingerprint density at radius 1 is 0.882 bits per heavy atom. The topological polar surface area (TPSA) is 78.7 Å². The second-order valence-electron chi connectivity index (χ2n) is 5.52. The third-order valence-electron chi connectivity index (χ3n) is 4.47. The maximum absolute atomic E-state index is 3.26. The molecular weight excluding hydrogens is 220 g/mol. The van der Waals surface area contributed by atoms with Gasteiger partial charge in [0.05, 0.1) is 0 Å². The normalized spacial score (nSPS) is 51.0. The van der Waals surface area contributed by atoms with Crippen LogP contribution in [0.25, 0.3) is 0 Å². The summed E-state index contributed by atoms with van der Waals surface area (Å²) in [5.74, 6) is 0.805. The van der Waals surface area contributed by atoms with Gasteiger partial charge in [-0.2, -0.15) is 22.1 Å². The van der Waals surface area contributed by atoms with Crippen molar-refractivity contribution in [2.24, 2.45) is 5.92 Å².